The van der Waals surface area contributed by atoms with Crippen molar-refractivity contribution in [3.8, 4) is 5.75 Å². The molecule has 2 aromatic carbocycles. The van der Waals surface area contributed by atoms with Gasteiger partial charge in [-0.2, -0.15) is 0 Å². The van der Waals surface area contributed by atoms with Crippen LogP contribution in [0.3, 0.4) is 0 Å². The lowest BCUT2D eigenvalue weighted by Crippen LogP contribution is -2.32. The highest BCUT2D eigenvalue weighted by molar-refractivity contribution is 6.38. The second kappa shape index (κ2) is 8.47. The summed E-state index contributed by atoms with van der Waals surface area (Å²) in [5.41, 5.74) is 5.13. The predicted octanol–water partition coefficient (Wildman–Crippen LogP) is 2.78. The first-order chi connectivity index (χ1) is 12.4. The van der Waals surface area contributed by atoms with E-state index < -0.39 is 11.2 Å². The summed E-state index contributed by atoms with van der Waals surface area (Å²) in [5.74, 6) is 0.309. The van der Waals surface area contributed by atoms with Crippen LogP contribution >= 0.6 is 35.6 Å². The third kappa shape index (κ3) is 4.27. The number of nitrogens with one attached hydrogen (secondary N) is 2. The van der Waals surface area contributed by atoms with Crippen LogP contribution in [0, 0.1) is 5.41 Å². The number of hydrogen-bond acceptors (Lipinski definition) is 4. The lowest BCUT2D eigenvalue weighted by molar-refractivity contribution is 0.297. The lowest BCUT2D eigenvalue weighted by Gasteiger charge is -2.13. The Balaban J connectivity index is 0.00000261. The van der Waals surface area contributed by atoms with Crippen LogP contribution in [0.1, 0.15) is 5.56 Å². The van der Waals surface area contributed by atoms with E-state index in [9.17, 15) is 9.59 Å². The predicted molar refractivity (Wildman–Crippen MR) is 109 cm³/mol. The number of rotatable bonds is 5. The molecule has 0 radical (unpaired) electrons. The molecule has 0 fully saturated rings. The Morgan fingerprint density at radius 1 is 1.22 bits per heavy atom. The number of hydrogen-bond donors (Lipinski definition) is 3. The number of H-pyrrole nitrogens is 1. The number of para-hydroxylation sites is 1. The molecule has 0 spiro atoms. The van der Waals surface area contributed by atoms with Gasteiger partial charge >= 0.3 is 5.69 Å². The molecule has 27 heavy (non-hydrogen) atoms. The van der Waals surface area contributed by atoms with Crippen LogP contribution in [-0.4, -0.2) is 22.0 Å². The van der Waals surface area contributed by atoms with Crippen LogP contribution in [-0.2, 0) is 6.54 Å². The Labute approximate surface area is 169 Å². The fraction of sp³-hybridized carbons (Fsp3) is 0.118. The van der Waals surface area contributed by atoms with Gasteiger partial charge in [-0.1, -0.05) is 35.3 Å². The van der Waals surface area contributed by atoms with Gasteiger partial charge in [-0.25, -0.2) is 4.79 Å². The summed E-state index contributed by atoms with van der Waals surface area (Å²) >= 11 is 12.1. The van der Waals surface area contributed by atoms with E-state index in [1.54, 1.807) is 24.3 Å². The van der Waals surface area contributed by atoms with Crippen molar-refractivity contribution in [2.24, 2.45) is 5.73 Å². The number of benzene rings is 2. The van der Waals surface area contributed by atoms with Crippen molar-refractivity contribution < 1.29 is 4.74 Å². The SMILES string of the molecule is Cl.N=C(N)c1ccccc1OCCn1c(=O)[nH]c(=O)c2c(Cl)cc(Cl)cc21. The van der Waals surface area contributed by atoms with Crippen LogP contribution < -0.4 is 21.7 Å². The first kappa shape index (κ1) is 20.8. The Bertz CT molecular complexity index is 1120. The van der Waals surface area contributed by atoms with E-state index in [4.69, 9.17) is 39.1 Å². The maximum absolute atomic E-state index is 12.2. The topological polar surface area (TPSA) is 114 Å². The molecule has 3 rings (SSSR count). The molecule has 0 aliphatic carbocycles. The fourth-order valence-electron chi connectivity index (χ4n) is 2.62. The van der Waals surface area contributed by atoms with Crippen molar-refractivity contribution in [2.75, 3.05) is 6.61 Å². The number of fused-ring (bicyclic) bond motifs is 1. The van der Waals surface area contributed by atoms with Crippen LogP contribution in [0.15, 0.2) is 46.0 Å². The Hall–Kier alpha value is -2.48. The second-order valence-electron chi connectivity index (χ2n) is 5.45. The molecule has 0 amide bonds. The summed E-state index contributed by atoms with van der Waals surface area (Å²) in [6.45, 7) is 0.241. The standard InChI is InChI=1S/C17H14Cl2N4O3.ClH/c18-9-7-11(19)14-12(8-9)23(17(25)22-16(14)24)5-6-26-13-4-2-1-3-10(13)15(20)21;/h1-4,7-8H,5-6H2,(H3,20,21)(H,22,24,25);1H. The minimum Gasteiger partial charge on any atom is -0.491 e. The third-order valence-corrected chi connectivity index (χ3v) is 4.28. The van der Waals surface area contributed by atoms with E-state index in [1.807, 2.05) is 0 Å². The van der Waals surface area contributed by atoms with E-state index in [2.05, 4.69) is 4.98 Å². The van der Waals surface area contributed by atoms with Gasteiger partial charge in [0.2, 0.25) is 0 Å². The van der Waals surface area contributed by atoms with Gasteiger partial charge in [0, 0.05) is 5.02 Å². The first-order valence-corrected chi connectivity index (χ1v) is 8.32. The summed E-state index contributed by atoms with van der Waals surface area (Å²) in [5, 5.41) is 8.21. The number of nitrogen functional groups attached to an aromatic ring is 1. The summed E-state index contributed by atoms with van der Waals surface area (Å²) < 4.78 is 6.98. The summed E-state index contributed by atoms with van der Waals surface area (Å²) in [4.78, 5) is 26.5. The van der Waals surface area contributed by atoms with Crippen LogP contribution in [0.4, 0.5) is 0 Å². The average Bonchev–Trinajstić information content (AvgIpc) is 2.57. The summed E-state index contributed by atoms with van der Waals surface area (Å²) in [6, 6.07) is 9.78. The first-order valence-electron chi connectivity index (χ1n) is 7.56. The number of aromatic nitrogens is 2. The molecule has 0 atom stereocenters. The second-order valence-corrected chi connectivity index (χ2v) is 6.29. The quantitative estimate of drug-likeness (QED) is 0.427. The molecule has 1 heterocycles. The smallest absolute Gasteiger partial charge is 0.328 e. The zero-order valence-corrected chi connectivity index (χ0v) is 16.1. The highest BCUT2D eigenvalue weighted by Crippen LogP contribution is 2.24. The van der Waals surface area contributed by atoms with Crippen LogP contribution in [0.5, 0.6) is 5.75 Å². The zero-order valence-electron chi connectivity index (χ0n) is 13.8. The van der Waals surface area contributed by atoms with Gasteiger partial charge in [0.05, 0.1) is 28.0 Å². The van der Waals surface area contributed by atoms with Gasteiger partial charge in [-0.15, -0.1) is 12.4 Å². The van der Waals surface area contributed by atoms with Crippen molar-refractivity contribution in [3.63, 3.8) is 0 Å². The maximum atomic E-state index is 12.2. The van der Waals surface area contributed by atoms with Crippen LogP contribution in [0.2, 0.25) is 10.0 Å². The van der Waals surface area contributed by atoms with Crippen molar-refractivity contribution in [1.29, 1.82) is 5.41 Å². The molecule has 3 aromatic rings. The normalized spacial score (nSPS) is 10.4. The number of nitrogens with two attached hydrogens (primary N) is 1. The molecule has 142 valence electrons. The number of halogens is 3. The van der Waals surface area contributed by atoms with E-state index in [0.29, 0.717) is 21.9 Å². The zero-order chi connectivity index (χ0) is 18.8. The molecular formula is C17H15Cl3N4O3. The molecule has 0 aliphatic heterocycles. The van der Waals surface area contributed by atoms with Crippen molar-refractivity contribution >= 4 is 52.3 Å². The monoisotopic (exact) mass is 428 g/mol. The van der Waals surface area contributed by atoms with Crippen molar-refractivity contribution in [1.82, 2.24) is 9.55 Å². The number of ether oxygens (including phenoxy) is 1. The van der Waals surface area contributed by atoms with E-state index in [-0.39, 0.29) is 41.8 Å². The molecule has 0 saturated heterocycles. The third-order valence-electron chi connectivity index (χ3n) is 3.77. The minimum absolute atomic E-state index is 0. The highest BCUT2D eigenvalue weighted by atomic mass is 35.5. The van der Waals surface area contributed by atoms with E-state index in [1.165, 1.54) is 16.7 Å². The van der Waals surface area contributed by atoms with Gasteiger partial charge < -0.3 is 10.5 Å². The molecule has 0 unspecified atom stereocenters. The van der Waals surface area contributed by atoms with Crippen molar-refractivity contribution in [2.45, 2.75) is 6.54 Å². The number of aromatic amines is 1. The average molecular weight is 430 g/mol. The van der Waals surface area contributed by atoms with Crippen LogP contribution in [0.25, 0.3) is 10.9 Å². The number of nitrogens with zero attached hydrogens (tertiary/aromatic N) is 1. The Morgan fingerprint density at radius 3 is 2.63 bits per heavy atom. The molecule has 0 saturated carbocycles. The molecule has 10 heteroatoms. The molecule has 0 bridgehead atoms. The van der Waals surface area contributed by atoms with Crippen molar-refractivity contribution in [3.05, 3.63) is 72.8 Å². The summed E-state index contributed by atoms with van der Waals surface area (Å²) in [7, 11) is 0. The molecule has 1 aromatic heterocycles. The highest BCUT2D eigenvalue weighted by Gasteiger charge is 2.13. The largest absolute Gasteiger partial charge is 0.491 e. The number of amidine groups is 1. The minimum atomic E-state index is -0.593. The van der Waals surface area contributed by atoms with E-state index >= 15 is 0 Å². The van der Waals surface area contributed by atoms with E-state index in [0.717, 1.165) is 0 Å². The Morgan fingerprint density at radius 2 is 1.93 bits per heavy atom. The molecular weight excluding hydrogens is 415 g/mol. The fourth-order valence-corrected chi connectivity index (χ4v) is 3.19. The lowest BCUT2D eigenvalue weighted by atomic mass is 10.2. The van der Waals surface area contributed by atoms with Gasteiger partial charge in [-0.05, 0) is 24.3 Å². The van der Waals surface area contributed by atoms with Gasteiger partial charge in [-0.3, -0.25) is 19.8 Å². The Kier molecular flexibility index (Phi) is 6.54. The maximum Gasteiger partial charge on any atom is 0.328 e. The molecule has 7 nitrogen and oxygen atoms in total. The summed E-state index contributed by atoms with van der Waals surface area (Å²) in [6.07, 6.45) is 0. The molecule has 4 N–H and O–H groups in total. The molecule has 0 aliphatic rings. The van der Waals surface area contributed by atoms with Gasteiger partial charge in [0.15, 0.2) is 0 Å². The van der Waals surface area contributed by atoms with Gasteiger partial charge in [0.25, 0.3) is 5.56 Å². The van der Waals surface area contributed by atoms with Gasteiger partial charge in [0.1, 0.15) is 18.2 Å².